The fourth-order valence-electron chi connectivity index (χ4n) is 1.68. The summed E-state index contributed by atoms with van der Waals surface area (Å²) in [5.41, 5.74) is 3.27. The molecule has 0 aliphatic carbocycles. The normalized spacial score (nSPS) is 10.6. The number of para-hydroxylation sites is 1. The molecule has 0 spiro atoms. The van der Waals surface area contributed by atoms with Crippen LogP contribution in [0.4, 0.5) is 0 Å². The van der Waals surface area contributed by atoms with Gasteiger partial charge in [0.25, 0.3) is 5.91 Å². The van der Waals surface area contributed by atoms with Crippen LogP contribution in [-0.4, -0.2) is 24.3 Å². The Labute approximate surface area is 130 Å². The first-order valence-electron chi connectivity index (χ1n) is 6.06. The van der Waals surface area contributed by atoms with Gasteiger partial charge >= 0.3 is 0 Å². The number of carbonyl (C=O) groups excluding carboxylic acids is 1. The smallest absolute Gasteiger partial charge is 0.275 e. The highest BCUT2D eigenvalue weighted by atomic mass is 79.9. The number of phenolic OH excluding ortho intramolecular Hbond substituents is 1. The van der Waals surface area contributed by atoms with Gasteiger partial charge in [0.15, 0.2) is 0 Å². The molecule has 0 radical (unpaired) electrons. The lowest BCUT2D eigenvalue weighted by molar-refractivity contribution is 0.0952. The maximum absolute atomic E-state index is 12.1. The molecule has 0 atom stereocenters. The van der Waals surface area contributed by atoms with Crippen molar-refractivity contribution in [1.29, 1.82) is 0 Å². The van der Waals surface area contributed by atoms with Gasteiger partial charge in [-0.15, -0.1) is 0 Å². The van der Waals surface area contributed by atoms with Crippen LogP contribution in [0, 0.1) is 0 Å². The number of ether oxygens (including phenoxy) is 1. The lowest BCUT2D eigenvalue weighted by Gasteiger charge is -2.07. The van der Waals surface area contributed by atoms with Crippen molar-refractivity contribution in [2.75, 3.05) is 7.11 Å². The Morgan fingerprint density at radius 3 is 2.81 bits per heavy atom. The molecule has 0 unspecified atom stereocenters. The molecule has 108 valence electrons. The largest absolute Gasteiger partial charge is 0.507 e. The summed E-state index contributed by atoms with van der Waals surface area (Å²) in [6.07, 6.45) is 1.37. The standard InChI is InChI=1S/C15H13BrN2O3/c1-21-14-7-6-11(16)8-12(14)15(20)18-17-9-10-4-2-3-5-13(10)19/h2-9,19H,1H3,(H,18,20)/b17-9-. The van der Waals surface area contributed by atoms with Crippen molar-refractivity contribution >= 4 is 28.1 Å². The Hall–Kier alpha value is -2.34. The number of nitrogens with zero attached hydrogens (tertiary/aromatic N) is 1. The van der Waals surface area contributed by atoms with Crippen LogP contribution < -0.4 is 10.2 Å². The summed E-state index contributed by atoms with van der Waals surface area (Å²) in [7, 11) is 1.49. The van der Waals surface area contributed by atoms with Gasteiger partial charge in [0.05, 0.1) is 18.9 Å². The van der Waals surface area contributed by atoms with Crippen molar-refractivity contribution in [1.82, 2.24) is 5.43 Å². The third kappa shape index (κ3) is 3.82. The number of amides is 1. The van der Waals surface area contributed by atoms with Gasteiger partial charge in [0.2, 0.25) is 0 Å². The van der Waals surface area contributed by atoms with Gasteiger partial charge in [-0.2, -0.15) is 5.10 Å². The summed E-state index contributed by atoms with van der Waals surface area (Å²) in [6.45, 7) is 0. The molecule has 0 saturated carbocycles. The zero-order valence-electron chi connectivity index (χ0n) is 11.2. The summed E-state index contributed by atoms with van der Waals surface area (Å²) >= 11 is 3.30. The third-order valence-corrected chi connectivity index (χ3v) is 3.21. The number of methoxy groups -OCH3 is 1. The van der Waals surface area contributed by atoms with Crippen molar-refractivity contribution in [3.63, 3.8) is 0 Å². The number of hydrazone groups is 1. The maximum atomic E-state index is 12.1. The topological polar surface area (TPSA) is 70.9 Å². The van der Waals surface area contributed by atoms with E-state index < -0.39 is 5.91 Å². The molecule has 0 bridgehead atoms. The van der Waals surface area contributed by atoms with Crippen LogP contribution >= 0.6 is 15.9 Å². The summed E-state index contributed by atoms with van der Waals surface area (Å²) in [5.74, 6) is 0.142. The van der Waals surface area contributed by atoms with Crippen molar-refractivity contribution in [3.8, 4) is 11.5 Å². The van der Waals surface area contributed by atoms with E-state index in [-0.39, 0.29) is 5.75 Å². The molecule has 2 aromatic carbocycles. The predicted molar refractivity (Wildman–Crippen MR) is 83.9 cm³/mol. The van der Waals surface area contributed by atoms with Crippen molar-refractivity contribution in [2.45, 2.75) is 0 Å². The van der Waals surface area contributed by atoms with Crippen LogP contribution in [0.15, 0.2) is 52.0 Å². The molecule has 21 heavy (non-hydrogen) atoms. The van der Waals surface area contributed by atoms with E-state index in [2.05, 4.69) is 26.5 Å². The van der Waals surface area contributed by atoms with E-state index in [0.717, 1.165) is 4.47 Å². The minimum absolute atomic E-state index is 0.0931. The van der Waals surface area contributed by atoms with E-state index in [4.69, 9.17) is 4.74 Å². The summed E-state index contributed by atoms with van der Waals surface area (Å²) in [5, 5.41) is 13.4. The minimum atomic E-state index is -0.403. The number of rotatable bonds is 4. The second-order valence-electron chi connectivity index (χ2n) is 4.10. The molecule has 2 rings (SSSR count). The molecule has 2 aromatic rings. The van der Waals surface area contributed by atoms with Gasteiger partial charge in [0, 0.05) is 10.0 Å². The van der Waals surface area contributed by atoms with Gasteiger partial charge < -0.3 is 9.84 Å². The van der Waals surface area contributed by atoms with Crippen molar-refractivity contribution < 1.29 is 14.6 Å². The molecule has 0 heterocycles. The van der Waals surface area contributed by atoms with E-state index in [1.165, 1.54) is 13.3 Å². The number of carbonyl (C=O) groups is 1. The highest BCUT2D eigenvalue weighted by molar-refractivity contribution is 9.10. The summed E-state index contributed by atoms with van der Waals surface area (Å²) in [4.78, 5) is 12.1. The van der Waals surface area contributed by atoms with Gasteiger partial charge in [0.1, 0.15) is 11.5 Å². The van der Waals surface area contributed by atoms with Crippen LogP contribution in [0.1, 0.15) is 15.9 Å². The number of hydrogen-bond donors (Lipinski definition) is 2. The molecule has 0 aliphatic rings. The van der Waals surface area contributed by atoms with E-state index in [1.807, 2.05) is 0 Å². The quantitative estimate of drug-likeness (QED) is 0.659. The molecule has 6 heteroatoms. The second kappa shape index (κ2) is 6.90. The lowest BCUT2D eigenvalue weighted by atomic mass is 10.2. The highest BCUT2D eigenvalue weighted by Crippen LogP contribution is 2.22. The Balaban J connectivity index is 2.12. The van der Waals surface area contributed by atoms with Crippen LogP contribution in [0.3, 0.4) is 0 Å². The van der Waals surface area contributed by atoms with Gasteiger partial charge in [-0.05, 0) is 30.3 Å². The molecule has 0 aromatic heterocycles. The lowest BCUT2D eigenvalue weighted by Crippen LogP contribution is -2.18. The number of hydrogen-bond acceptors (Lipinski definition) is 4. The van der Waals surface area contributed by atoms with Crippen LogP contribution in [0.5, 0.6) is 11.5 Å². The highest BCUT2D eigenvalue weighted by Gasteiger charge is 2.11. The van der Waals surface area contributed by atoms with E-state index >= 15 is 0 Å². The molecule has 0 saturated heterocycles. The molecule has 2 N–H and O–H groups in total. The number of nitrogens with one attached hydrogen (secondary N) is 1. The van der Waals surface area contributed by atoms with Crippen molar-refractivity contribution in [3.05, 3.63) is 58.1 Å². The zero-order chi connectivity index (χ0) is 15.2. The molecular weight excluding hydrogens is 336 g/mol. The van der Waals surface area contributed by atoms with Crippen LogP contribution in [-0.2, 0) is 0 Å². The molecular formula is C15H13BrN2O3. The van der Waals surface area contributed by atoms with Gasteiger partial charge in [-0.25, -0.2) is 5.43 Å². The SMILES string of the molecule is COc1ccc(Br)cc1C(=O)N/N=C\c1ccccc1O. The Kier molecular flexibility index (Phi) is 4.94. The van der Waals surface area contributed by atoms with Crippen LogP contribution in [0.25, 0.3) is 0 Å². The first-order valence-corrected chi connectivity index (χ1v) is 6.86. The monoisotopic (exact) mass is 348 g/mol. The Morgan fingerprint density at radius 2 is 2.10 bits per heavy atom. The Morgan fingerprint density at radius 1 is 1.33 bits per heavy atom. The molecule has 1 amide bonds. The first kappa shape index (κ1) is 15.1. The van der Waals surface area contributed by atoms with Crippen LogP contribution in [0.2, 0.25) is 0 Å². The number of aromatic hydroxyl groups is 1. The number of benzene rings is 2. The Bertz CT molecular complexity index is 686. The summed E-state index contributed by atoms with van der Waals surface area (Å²) < 4.78 is 5.89. The number of halogens is 1. The van der Waals surface area contributed by atoms with E-state index in [1.54, 1.807) is 42.5 Å². The van der Waals surface area contributed by atoms with E-state index in [0.29, 0.717) is 16.9 Å². The first-order chi connectivity index (χ1) is 10.1. The molecule has 0 fully saturated rings. The molecule has 0 aliphatic heterocycles. The summed E-state index contributed by atoms with van der Waals surface area (Å²) in [6, 6.07) is 11.8. The molecule has 5 nitrogen and oxygen atoms in total. The second-order valence-corrected chi connectivity index (χ2v) is 5.02. The average molecular weight is 349 g/mol. The fourth-order valence-corrected chi connectivity index (χ4v) is 2.04. The predicted octanol–water partition coefficient (Wildman–Crippen LogP) is 2.93. The fraction of sp³-hybridized carbons (Fsp3) is 0.0667. The van der Waals surface area contributed by atoms with Gasteiger partial charge in [-0.1, -0.05) is 28.1 Å². The average Bonchev–Trinajstić information content (AvgIpc) is 2.49. The van der Waals surface area contributed by atoms with E-state index in [9.17, 15) is 9.90 Å². The minimum Gasteiger partial charge on any atom is -0.507 e. The zero-order valence-corrected chi connectivity index (χ0v) is 12.8. The number of phenols is 1. The van der Waals surface area contributed by atoms with Crippen molar-refractivity contribution in [2.24, 2.45) is 5.10 Å². The van der Waals surface area contributed by atoms with Gasteiger partial charge in [-0.3, -0.25) is 4.79 Å². The maximum Gasteiger partial charge on any atom is 0.275 e. The third-order valence-electron chi connectivity index (χ3n) is 2.71.